The van der Waals surface area contributed by atoms with E-state index >= 15 is 0 Å². The van der Waals surface area contributed by atoms with Crippen LogP contribution in [0, 0.1) is 12.8 Å². The van der Waals surface area contributed by atoms with Gasteiger partial charge in [-0.05, 0) is 46.1 Å². The SMILES string of the molecule is CCOC(=O)[C@H]1CCCN(Cc2nc3nc(C)cc(N4CCCCCC4)n3n2)C1. The van der Waals surface area contributed by atoms with Gasteiger partial charge >= 0.3 is 5.97 Å². The Hall–Kier alpha value is -2.22. The number of rotatable bonds is 5. The smallest absolute Gasteiger partial charge is 0.310 e. The van der Waals surface area contributed by atoms with Crippen molar-refractivity contribution in [2.45, 2.75) is 58.9 Å². The second-order valence-electron chi connectivity index (χ2n) is 8.22. The molecule has 1 atom stereocenters. The molecule has 0 amide bonds. The van der Waals surface area contributed by atoms with Gasteiger partial charge in [-0.3, -0.25) is 9.69 Å². The minimum Gasteiger partial charge on any atom is -0.466 e. The quantitative estimate of drug-likeness (QED) is 0.714. The van der Waals surface area contributed by atoms with Gasteiger partial charge in [-0.15, -0.1) is 5.10 Å². The van der Waals surface area contributed by atoms with Gasteiger partial charge in [0, 0.05) is 31.4 Å². The first-order valence-electron chi connectivity index (χ1n) is 11.0. The molecule has 8 heteroatoms. The predicted molar refractivity (Wildman–Crippen MR) is 111 cm³/mol. The number of fused-ring (bicyclic) bond motifs is 1. The fourth-order valence-corrected chi connectivity index (χ4v) is 4.45. The summed E-state index contributed by atoms with van der Waals surface area (Å²) >= 11 is 0. The molecular weight excluding hydrogens is 368 g/mol. The van der Waals surface area contributed by atoms with E-state index in [-0.39, 0.29) is 11.9 Å². The molecule has 2 aromatic rings. The van der Waals surface area contributed by atoms with Crippen molar-refractivity contribution in [3.63, 3.8) is 0 Å². The highest BCUT2D eigenvalue weighted by Gasteiger charge is 2.27. The summed E-state index contributed by atoms with van der Waals surface area (Å²) in [6.45, 7) is 8.73. The maximum atomic E-state index is 12.1. The highest BCUT2D eigenvalue weighted by molar-refractivity contribution is 5.72. The first-order chi connectivity index (χ1) is 14.1. The van der Waals surface area contributed by atoms with Crippen molar-refractivity contribution < 1.29 is 9.53 Å². The third-order valence-electron chi connectivity index (χ3n) is 5.89. The number of ether oxygens (including phenoxy) is 1. The fourth-order valence-electron chi connectivity index (χ4n) is 4.45. The van der Waals surface area contributed by atoms with Crippen LogP contribution in [0.1, 0.15) is 57.0 Å². The summed E-state index contributed by atoms with van der Waals surface area (Å²) in [7, 11) is 0. The largest absolute Gasteiger partial charge is 0.466 e. The number of carbonyl (C=O) groups excluding carboxylic acids is 1. The summed E-state index contributed by atoms with van der Waals surface area (Å²) in [4.78, 5) is 26.1. The van der Waals surface area contributed by atoms with Gasteiger partial charge in [-0.2, -0.15) is 9.50 Å². The molecule has 2 aliphatic heterocycles. The summed E-state index contributed by atoms with van der Waals surface area (Å²) in [6.07, 6.45) is 6.91. The summed E-state index contributed by atoms with van der Waals surface area (Å²) in [5, 5.41) is 4.80. The summed E-state index contributed by atoms with van der Waals surface area (Å²) in [5.41, 5.74) is 0.969. The Balaban J connectivity index is 1.53. The van der Waals surface area contributed by atoms with Crippen LogP contribution in [0.5, 0.6) is 0 Å². The summed E-state index contributed by atoms with van der Waals surface area (Å²) in [5.74, 6) is 2.40. The number of aryl methyl sites for hydroxylation is 1. The molecule has 8 nitrogen and oxygen atoms in total. The molecule has 29 heavy (non-hydrogen) atoms. The zero-order chi connectivity index (χ0) is 20.2. The minimum atomic E-state index is -0.0825. The lowest BCUT2D eigenvalue weighted by molar-refractivity contribution is -0.150. The van der Waals surface area contributed by atoms with E-state index in [4.69, 9.17) is 14.8 Å². The van der Waals surface area contributed by atoms with Crippen LogP contribution in [0.25, 0.3) is 5.78 Å². The first kappa shape index (κ1) is 20.1. The van der Waals surface area contributed by atoms with E-state index in [1.165, 1.54) is 25.7 Å². The van der Waals surface area contributed by atoms with E-state index in [0.29, 0.717) is 25.5 Å². The topological polar surface area (TPSA) is 75.9 Å². The van der Waals surface area contributed by atoms with Crippen molar-refractivity contribution >= 4 is 17.6 Å². The van der Waals surface area contributed by atoms with E-state index in [1.54, 1.807) is 0 Å². The van der Waals surface area contributed by atoms with Gasteiger partial charge in [0.15, 0.2) is 5.82 Å². The fraction of sp³-hybridized carbons (Fsp3) is 0.714. The van der Waals surface area contributed by atoms with Crippen molar-refractivity contribution in [3.8, 4) is 0 Å². The molecule has 0 aromatic carbocycles. The normalized spacial score (nSPS) is 21.3. The molecular formula is C21H32N6O2. The van der Waals surface area contributed by atoms with E-state index < -0.39 is 0 Å². The molecule has 0 unspecified atom stereocenters. The summed E-state index contributed by atoms with van der Waals surface area (Å²) < 4.78 is 7.12. The van der Waals surface area contributed by atoms with E-state index in [9.17, 15) is 4.79 Å². The Labute approximate surface area is 172 Å². The Morgan fingerprint density at radius 3 is 2.69 bits per heavy atom. The number of piperidine rings is 1. The maximum Gasteiger partial charge on any atom is 0.310 e. The number of hydrogen-bond donors (Lipinski definition) is 0. The highest BCUT2D eigenvalue weighted by atomic mass is 16.5. The lowest BCUT2D eigenvalue weighted by atomic mass is 9.98. The molecule has 0 bridgehead atoms. The average Bonchev–Trinajstić information content (AvgIpc) is 2.92. The number of anilines is 1. The highest BCUT2D eigenvalue weighted by Crippen LogP contribution is 2.22. The van der Waals surface area contributed by atoms with Crippen LogP contribution in [0.3, 0.4) is 0 Å². The van der Waals surface area contributed by atoms with E-state index in [2.05, 4.69) is 20.9 Å². The Bertz CT molecular complexity index is 843. The zero-order valence-corrected chi connectivity index (χ0v) is 17.6. The van der Waals surface area contributed by atoms with Crippen molar-refractivity contribution in [2.75, 3.05) is 37.7 Å². The van der Waals surface area contributed by atoms with Gasteiger partial charge in [0.25, 0.3) is 5.78 Å². The number of carbonyl (C=O) groups is 1. The number of aromatic nitrogens is 4. The van der Waals surface area contributed by atoms with Gasteiger partial charge in [-0.1, -0.05) is 12.8 Å². The second kappa shape index (κ2) is 9.07. The van der Waals surface area contributed by atoms with Crippen LogP contribution in [-0.4, -0.2) is 63.2 Å². The molecule has 4 heterocycles. The van der Waals surface area contributed by atoms with Gasteiger partial charge in [-0.25, -0.2) is 4.98 Å². The Kier molecular flexibility index (Phi) is 6.28. The predicted octanol–water partition coefficient (Wildman–Crippen LogP) is 2.59. The number of nitrogens with zero attached hydrogens (tertiary/aromatic N) is 6. The third kappa shape index (κ3) is 4.69. The monoisotopic (exact) mass is 400 g/mol. The minimum absolute atomic E-state index is 0.0474. The van der Waals surface area contributed by atoms with Crippen LogP contribution in [0.15, 0.2) is 6.07 Å². The van der Waals surface area contributed by atoms with Gasteiger partial charge in [0.1, 0.15) is 5.82 Å². The zero-order valence-electron chi connectivity index (χ0n) is 17.6. The third-order valence-corrected chi connectivity index (χ3v) is 5.89. The second-order valence-corrected chi connectivity index (χ2v) is 8.22. The van der Waals surface area contributed by atoms with E-state index in [1.807, 2.05) is 18.4 Å². The average molecular weight is 401 g/mol. The summed E-state index contributed by atoms with van der Waals surface area (Å²) in [6, 6.07) is 2.12. The van der Waals surface area contributed by atoms with Crippen molar-refractivity contribution in [3.05, 3.63) is 17.6 Å². The van der Waals surface area contributed by atoms with Gasteiger partial charge in [0.05, 0.1) is 19.1 Å². The molecule has 158 valence electrons. The van der Waals surface area contributed by atoms with E-state index in [0.717, 1.165) is 49.8 Å². The van der Waals surface area contributed by atoms with Gasteiger partial charge in [0.2, 0.25) is 0 Å². The molecule has 0 spiro atoms. The molecule has 2 aliphatic rings. The molecule has 0 aliphatic carbocycles. The lowest BCUT2D eigenvalue weighted by Crippen LogP contribution is -2.39. The molecule has 0 radical (unpaired) electrons. The van der Waals surface area contributed by atoms with Crippen LogP contribution in [-0.2, 0) is 16.1 Å². The van der Waals surface area contributed by atoms with Crippen molar-refractivity contribution in [2.24, 2.45) is 5.92 Å². The molecule has 0 N–H and O–H groups in total. The van der Waals surface area contributed by atoms with Crippen LogP contribution in [0.2, 0.25) is 0 Å². The number of esters is 1. The molecule has 4 rings (SSSR count). The molecule has 0 saturated carbocycles. The lowest BCUT2D eigenvalue weighted by Gasteiger charge is -2.30. The molecule has 2 saturated heterocycles. The first-order valence-corrected chi connectivity index (χ1v) is 11.0. The van der Waals surface area contributed by atoms with Crippen LogP contribution >= 0.6 is 0 Å². The number of likely N-dealkylation sites (tertiary alicyclic amines) is 1. The standard InChI is InChI=1S/C21H32N6O2/c1-3-29-20(28)17-9-8-10-25(14-17)15-18-23-21-22-16(2)13-19(27(21)24-18)26-11-6-4-5-7-12-26/h13,17H,3-12,14-15H2,1-2H3/t17-/m0/s1. The Morgan fingerprint density at radius 1 is 1.14 bits per heavy atom. The molecule has 2 aromatic heterocycles. The van der Waals surface area contributed by atoms with Crippen LogP contribution < -0.4 is 4.90 Å². The van der Waals surface area contributed by atoms with Crippen LogP contribution in [0.4, 0.5) is 5.82 Å². The maximum absolute atomic E-state index is 12.1. The van der Waals surface area contributed by atoms with Crippen molar-refractivity contribution in [1.82, 2.24) is 24.5 Å². The van der Waals surface area contributed by atoms with Gasteiger partial charge < -0.3 is 9.64 Å². The molecule has 2 fully saturated rings. The Morgan fingerprint density at radius 2 is 1.93 bits per heavy atom. The number of hydrogen-bond acceptors (Lipinski definition) is 7. The van der Waals surface area contributed by atoms with Crippen molar-refractivity contribution in [1.29, 1.82) is 0 Å².